The molecule has 0 aromatic heterocycles. The van der Waals surface area contributed by atoms with E-state index >= 15 is 0 Å². The number of hydrogen-bond donors (Lipinski definition) is 1. The molecule has 2 rings (SSSR count). The summed E-state index contributed by atoms with van der Waals surface area (Å²) in [6.45, 7) is 1.70. The van der Waals surface area contributed by atoms with Gasteiger partial charge in [0.25, 0.3) is 5.91 Å². The van der Waals surface area contributed by atoms with Crippen LogP contribution in [0.4, 0.5) is 5.69 Å². The quantitative estimate of drug-likeness (QED) is 0.708. The smallest absolute Gasteiger partial charge is 0.341 e. The molecular formula is C18H17Cl2NO5. The molecule has 0 atom stereocenters. The molecule has 0 aliphatic carbocycles. The lowest BCUT2D eigenvalue weighted by Gasteiger charge is -2.13. The topological polar surface area (TPSA) is 73.9 Å². The first-order chi connectivity index (χ1) is 12.4. The molecule has 138 valence electrons. The van der Waals surface area contributed by atoms with Crippen LogP contribution >= 0.6 is 23.2 Å². The van der Waals surface area contributed by atoms with Gasteiger partial charge in [-0.2, -0.15) is 0 Å². The Labute approximate surface area is 160 Å². The molecular weight excluding hydrogens is 381 g/mol. The maximum Gasteiger partial charge on any atom is 0.341 e. The number of amides is 1. The van der Waals surface area contributed by atoms with Gasteiger partial charge in [0.2, 0.25) is 0 Å². The van der Waals surface area contributed by atoms with Gasteiger partial charge in [0.15, 0.2) is 6.61 Å². The van der Waals surface area contributed by atoms with E-state index in [1.165, 1.54) is 19.2 Å². The molecule has 1 amide bonds. The molecule has 0 saturated heterocycles. The van der Waals surface area contributed by atoms with Crippen LogP contribution in [0.2, 0.25) is 10.0 Å². The van der Waals surface area contributed by atoms with Crippen molar-refractivity contribution in [2.45, 2.75) is 6.92 Å². The first-order valence-electron chi connectivity index (χ1n) is 7.67. The molecule has 26 heavy (non-hydrogen) atoms. The van der Waals surface area contributed by atoms with Crippen LogP contribution in [0.25, 0.3) is 0 Å². The van der Waals surface area contributed by atoms with E-state index in [2.05, 4.69) is 5.32 Å². The van der Waals surface area contributed by atoms with E-state index < -0.39 is 11.9 Å². The van der Waals surface area contributed by atoms with Crippen LogP contribution in [-0.2, 0) is 9.53 Å². The number of benzene rings is 2. The fourth-order valence-corrected chi connectivity index (χ4v) is 2.39. The van der Waals surface area contributed by atoms with Crippen molar-refractivity contribution >= 4 is 40.8 Å². The van der Waals surface area contributed by atoms with Gasteiger partial charge in [0, 0.05) is 11.1 Å². The van der Waals surface area contributed by atoms with Crippen LogP contribution in [0.15, 0.2) is 36.4 Å². The van der Waals surface area contributed by atoms with Crippen LogP contribution in [0.3, 0.4) is 0 Å². The number of carbonyl (C=O) groups excluding carboxylic acids is 2. The SMILES string of the molecule is CCOC(=O)c1cc(Cl)c(NC(=O)COc2ccc(Cl)cc2)cc1OC. The van der Waals surface area contributed by atoms with Gasteiger partial charge in [-0.3, -0.25) is 4.79 Å². The van der Waals surface area contributed by atoms with E-state index in [1.54, 1.807) is 31.2 Å². The second-order valence-corrected chi connectivity index (χ2v) is 5.89. The van der Waals surface area contributed by atoms with Gasteiger partial charge in [-0.1, -0.05) is 23.2 Å². The molecule has 0 bridgehead atoms. The maximum absolute atomic E-state index is 12.1. The van der Waals surface area contributed by atoms with E-state index in [1.807, 2.05) is 0 Å². The van der Waals surface area contributed by atoms with Crippen LogP contribution in [0.1, 0.15) is 17.3 Å². The fourth-order valence-electron chi connectivity index (χ4n) is 2.05. The van der Waals surface area contributed by atoms with Crippen molar-refractivity contribution in [3.8, 4) is 11.5 Å². The van der Waals surface area contributed by atoms with Crippen molar-refractivity contribution < 1.29 is 23.8 Å². The normalized spacial score (nSPS) is 10.2. The zero-order valence-electron chi connectivity index (χ0n) is 14.2. The molecule has 0 radical (unpaired) electrons. The van der Waals surface area contributed by atoms with Crippen molar-refractivity contribution in [1.82, 2.24) is 0 Å². The Morgan fingerprint density at radius 1 is 1.12 bits per heavy atom. The number of halogens is 2. The van der Waals surface area contributed by atoms with Crippen LogP contribution in [0, 0.1) is 0 Å². The number of hydrogen-bond acceptors (Lipinski definition) is 5. The largest absolute Gasteiger partial charge is 0.496 e. The van der Waals surface area contributed by atoms with Gasteiger partial charge in [-0.25, -0.2) is 4.79 Å². The van der Waals surface area contributed by atoms with Crippen LogP contribution in [0.5, 0.6) is 11.5 Å². The number of nitrogens with one attached hydrogen (secondary N) is 1. The zero-order chi connectivity index (χ0) is 19.1. The minimum absolute atomic E-state index is 0.175. The Morgan fingerprint density at radius 2 is 1.81 bits per heavy atom. The number of rotatable bonds is 7. The summed E-state index contributed by atoms with van der Waals surface area (Å²) in [5.74, 6) is -0.240. The average Bonchev–Trinajstić information content (AvgIpc) is 2.62. The molecule has 0 saturated carbocycles. The predicted molar refractivity (Wildman–Crippen MR) is 99.5 cm³/mol. The van der Waals surface area contributed by atoms with E-state index in [0.29, 0.717) is 16.5 Å². The third-order valence-corrected chi connectivity index (χ3v) is 3.81. The number of carbonyl (C=O) groups is 2. The Morgan fingerprint density at radius 3 is 2.42 bits per heavy atom. The third-order valence-electron chi connectivity index (χ3n) is 3.24. The summed E-state index contributed by atoms with van der Waals surface area (Å²) >= 11 is 11.9. The molecule has 8 heteroatoms. The first kappa shape index (κ1) is 19.9. The molecule has 0 fully saturated rings. The highest BCUT2D eigenvalue weighted by molar-refractivity contribution is 6.34. The predicted octanol–water partition coefficient (Wildman–Crippen LogP) is 4.20. The molecule has 0 aliphatic rings. The monoisotopic (exact) mass is 397 g/mol. The lowest BCUT2D eigenvalue weighted by Crippen LogP contribution is -2.20. The van der Waals surface area contributed by atoms with Crippen molar-refractivity contribution in [3.63, 3.8) is 0 Å². The fraction of sp³-hybridized carbons (Fsp3) is 0.222. The van der Waals surface area contributed by atoms with Gasteiger partial charge in [0.05, 0.1) is 24.4 Å². The average molecular weight is 398 g/mol. The Hall–Kier alpha value is -2.44. The summed E-state index contributed by atoms with van der Waals surface area (Å²) in [4.78, 5) is 24.0. The summed E-state index contributed by atoms with van der Waals surface area (Å²) in [7, 11) is 1.40. The summed E-state index contributed by atoms with van der Waals surface area (Å²) in [5.41, 5.74) is 0.469. The highest BCUT2D eigenvalue weighted by atomic mass is 35.5. The summed E-state index contributed by atoms with van der Waals surface area (Å²) in [6.07, 6.45) is 0. The van der Waals surface area contributed by atoms with Crippen molar-refractivity contribution in [3.05, 3.63) is 52.0 Å². The van der Waals surface area contributed by atoms with Crippen molar-refractivity contribution in [2.75, 3.05) is 25.6 Å². The molecule has 2 aromatic carbocycles. The van der Waals surface area contributed by atoms with Crippen molar-refractivity contribution in [2.24, 2.45) is 0 Å². The highest BCUT2D eigenvalue weighted by Crippen LogP contribution is 2.31. The number of anilines is 1. The second kappa shape index (κ2) is 9.31. The van der Waals surface area contributed by atoms with Gasteiger partial charge in [0.1, 0.15) is 17.1 Å². The highest BCUT2D eigenvalue weighted by Gasteiger charge is 2.18. The third kappa shape index (κ3) is 5.28. The summed E-state index contributed by atoms with van der Waals surface area (Å²) in [5, 5.41) is 3.36. The molecule has 0 aliphatic heterocycles. The van der Waals surface area contributed by atoms with E-state index in [4.69, 9.17) is 37.4 Å². The number of esters is 1. The second-order valence-electron chi connectivity index (χ2n) is 5.04. The molecule has 0 unspecified atom stereocenters. The Balaban J connectivity index is 2.07. The van der Waals surface area contributed by atoms with Crippen molar-refractivity contribution in [1.29, 1.82) is 0 Å². The Bertz CT molecular complexity index is 793. The zero-order valence-corrected chi connectivity index (χ0v) is 15.7. The number of ether oxygens (including phenoxy) is 3. The van der Waals surface area contributed by atoms with E-state index in [0.717, 1.165) is 0 Å². The van der Waals surface area contributed by atoms with Gasteiger partial charge >= 0.3 is 5.97 Å². The van der Waals surface area contributed by atoms with Gasteiger partial charge in [-0.15, -0.1) is 0 Å². The standard InChI is InChI=1S/C18H17Cl2NO5/c1-3-25-18(23)13-8-14(20)15(9-16(13)24-2)21-17(22)10-26-12-6-4-11(19)5-7-12/h4-9H,3,10H2,1-2H3,(H,21,22). The van der Waals surface area contributed by atoms with Crippen LogP contribution < -0.4 is 14.8 Å². The molecule has 0 spiro atoms. The molecule has 1 N–H and O–H groups in total. The minimum atomic E-state index is -0.560. The Kier molecular flexibility index (Phi) is 7.12. The van der Waals surface area contributed by atoms with Crippen LogP contribution in [-0.4, -0.2) is 32.2 Å². The number of methoxy groups -OCH3 is 1. The van der Waals surface area contributed by atoms with E-state index in [9.17, 15) is 9.59 Å². The summed E-state index contributed by atoms with van der Waals surface area (Å²) in [6, 6.07) is 9.46. The first-order valence-corrected chi connectivity index (χ1v) is 8.43. The van der Waals surface area contributed by atoms with E-state index in [-0.39, 0.29) is 29.5 Å². The lowest BCUT2D eigenvalue weighted by molar-refractivity contribution is -0.118. The maximum atomic E-state index is 12.1. The van der Waals surface area contributed by atoms with Gasteiger partial charge in [-0.05, 0) is 37.3 Å². The molecule has 2 aromatic rings. The minimum Gasteiger partial charge on any atom is -0.496 e. The molecule has 6 nitrogen and oxygen atoms in total. The molecule has 0 heterocycles. The van der Waals surface area contributed by atoms with Gasteiger partial charge < -0.3 is 19.5 Å². The summed E-state index contributed by atoms with van der Waals surface area (Å²) < 4.78 is 15.5. The lowest BCUT2D eigenvalue weighted by atomic mass is 10.1.